The number of benzene rings is 2. The highest BCUT2D eigenvalue weighted by molar-refractivity contribution is 6.33. The van der Waals surface area contributed by atoms with E-state index in [0.29, 0.717) is 22.9 Å². The molecule has 0 aliphatic rings. The third kappa shape index (κ3) is 4.17. The van der Waals surface area contributed by atoms with Crippen LogP contribution in [0.25, 0.3) is 11.3 Å². The summed E-state index contributed by atoms with van der Waals surface area (Å²) >= 11 is 6.10. The Hall–Kier alpha value is -3.12. The summed E-state index contributed by atoms with van der Waals surface area (Å²) in [5, 5.41) is 13.7. The average molecular weight is 385 g/mol. The smallest absolute Gasteiger partial charge is 0.291 e. The van der Waals surface area contributed by atoms with Crippen molar-refractivity contribution in [2.75, 3.05) is 5.32 Å². The maximum atomic E-state index is 12.4. The fraction of sp³-hybridized carbons (Fsp3) is 0.150. The third-order valence-electron chi connectivity index (χ3n) is 4.09. The first kappa shape index (κ1) is 18.7. The van der Waals surface area contributed by atoms with E-state index in [4.69, 9.17) is 16.0 Å². The van der Waals surface area contributed by atoms with Crippen LogP contribution >= 0.6 is 11.6 Å². The van der Waals surface area contributed by atoms with Crippen molar-refractivity contribution in [2.45, 2.75) is 19.8 Å². The number of hydrogen-bond donors (Lipinski definition) is 1. The number of carbonyl (C=O) groups is 1. The van der Waals surface area contributed by atoms with E-state index in [1.54, 1.807) is 6.07 Å². The van der Waals surface area contributed by atoms with Crippen LogP contribution in [-0.4, -0.2) is 10.8 Å². The van der Waals surface area contributed by atoms with E-state index < -0.39 is 10.8 Å². The molecule has 0 fully saturated rings. The second-order valence-corrected chi connectivity index (χ2v) is 6.72. The number of anilines is 1. The minimum atomic E-state index is -0.527. The minimum Gasteiger partial charge on any atom is -0.451 e. The van der Waals surface area contributed by atoms with Crippen LogP contribution in [0.4, 0.5) is 11.4 Å². The molecule has 3 aromatic rings. The molecular weight excluding hydrogens is 368 g/mol. The summed E-state index contributed by atoms with van der Waals surface area (Å²) in [7, 11) is 0. The Morgan fingerprint density at radius 1 is 1.11 bits per heavy atom. The van der Waals surface area contributed by atoms with Crippen LogP contribution in [0, 0.1) is 10.1 Å². The molecule has 0 spiro atoms. The number of non-ortho nitro benzene ring substituents is 1. The molecule has 0 aliphatic carbocycles. The molecule has 2 aromatic carbocycles. The molecule has 1 aromatic heterocycles. The van der Waals surface area contributed by atoms with Crippen molar-refractivity contribution in [3.63, 3.8) is 0 Å². The summed E-state index contributed by atoms with van der Waals surface area (Å²) in [5.41, 5.74) is 2.21. The zero-order valence-corrected chi connectivity index (χ0v) is 15.5. The molecule has 0 bridgehead atoms. The molecule has 138 valence electrons. The van der Waals surface area contributed by atoms with Gasteiger partial charge in [0.2, 0.25) is 0 Å². The van der Waals surface area contributed by atoms with Crippen LogP contribution in [-0.2, 0) is 0 Å². The maximum absolute atomic E-state index is 12.4. The van der Waals surface area contributed by atoms with Crippen LogP contribution < -0.4 is 5.32 Å². The van der Waals surface area contributed by atoms with Crippen LogP contribution in [0.5, 0.6) is 0 Å². The summed E-state index contributed by atoms with van der Waals surface area (Å²) in [4.78, 5) is 22.6. The van der Waals surface area contributed by atoms with Gasteiger partial charge in [-0.15, -0.1) is 0 Å². The number of carbonyl (C=O) groups excluding carboxylic acids is 1. The minimum absolute atomic E-state index is 0.113. The highest BCUT2D eigenvalue weighted by Gasteiger charge is 2.16. The fourth-order valence-electron chi connectivity index (χ4n) is 2.57. The predicted molar refractivity (Wildman–Crippen MR) is 104 cm³/mol. The lowest BCUT2D eigenvalue weighted by molar-refractivity contribution is -0.384. The normalized spacial score (nSPS) is 10.8. The number of nitro groups is 1. The van der Waals surface area contributed by atoms with E-state index in [1.807, 2.05) is 24.3 Å². The van der Waals surface area contributed by atoms with Gasteiger partial charge < -0.3 is 9.73 Å². The first-order valence-corrected chi connectivity index (χ1v) is 8.68. The van der Waals surface area contributed by atoms with Crippen molar-refractivity contribution in [1.82, 2.24) is 0 Å². The van der Waals surface area contributed by atoms with Gasteiger partial charge in [-0.1, -0.05) is 37.6 Å². The zero-order valence-electron chi connectivity index (χ0n) is 14.7. The second kappa shape index (κ2) is 7.63. The van der Waals surface area contributed by atoms with E-state index >= 15 is 0 Å². The van der Waals surface area contributed by atoms with Gasteiger partial charge in [0.05, 0.1) is 9.95 Å². The van der Waals surface area contributed by atoms with Crippen LogP contribution in [0.1, 0.15) is 35.9 Å². The van der Waals surface area contributed by atoms with Crippen molar-refractivity contribution >= 4 is 28.9 Å². The van der Waals surface area contributed by atoms with Crippen molar-refractivity contribution in [1.29, 1.82) is 0 Å². The van der Waals surface area contributed by atoms with Gasteiger partial charge in [0, 0.05) is 23.4 Å². The van der Waals surface area contributed by atoms with E-state index in [-0.39, 0.29) is 16.5 Å². The quantitative estimate of drug-likeness (QED) is 0.439. The highest BCUT2D eigenvalue weighted by Crippen LogP contribution is 2.32. The molecule has 1 amide bonds. The summed E-state index contributed by atoms with van der Waals surface area (Å²) in [6, 6.07) is 14.8. The van der Waals surface area contributed by atoms with Crippen molar-refractivity contribution in [3.8, 4) is 11.3 Å². The Kier molecular flexibility index (Phi) is 5.28. The summed E-state index contributed by atoms with van der Waals surface area (Å²) in [6.07, 6.45) is 0. The Balaban J connectivity index is 1.77. The molecule has 0 unspecified atom stereocenters. The van der Waals surface area contributed by atoms with Crippen molar-refractivity contribution < 1.29 is 14.1 Å². The van der Waals surface area contributed by atoms with Gasteiger partial charge in [-0.25, -0.2) is 0 Å². The summed E-state index contributed by atoms with van der Waals surface area (Å²) < 4.78 is 5.58. The van der Waals surface area contributed by atoms with Gasteiger partial charge in [0.25, 0.3) is 11.6 Å². The van der Waals surface area contributed by atoms with E-state index in [9.17, 15) is 14.9 Å². The molecule has 0 radical (unpaired) electrons. The standard InChI is InChI=1S/C20H17ClN2O4/c1-12(2)13-3-5-14(6-4-13)22-20(24)19-10-9-18(27-19)16-8-7-15(23(25)26)11-17(16)21/h3-12H,1-2H3,(H,22,24). The average Bonchev–Trinajstić information content (AvgIpc) is 3.12. The highest BCUT2D eigenvalue weighted by atomic mass is 35.5. The first-order valence-electron chi connectivity index (χ1n) is 8.30. The van der Waals surface area contributed by atoms with Gasteiger partial charge in [-0.2, -0.15) is 0 Å². The van der Waals surface area contributed by atoms with Crippen molar-refractivity contribution in [3.05, 3.63) is 81.1 Å². The largest absolute Gasteiger partial charge is 0.451 e. The lowest BCUT2D eigenvalue weighted by Gasteiger charge is -2.07. The lowest BCUT2D eigenvalue weighted by atomic mass is 10.0. The van der Waals surface area contributed by atoms with E-state index in [1.165, 1.54) is 29.8 Å². The third-order valence-corrected chi connectivity index (χ3v) is 4.41. The number of amides is 1. The molecule has 1 heterocycles. The number of nitrogens with one attached hydrogen (secondary N) is 1. The van der Waals surface area contributed by atoms with Crippen LogP contribution in [0.2, 0.25) is 5.02 Å². The molecule has 0 saturated heterocycles. The Morgan fingerprint density at radius 3 is 2.41 bits per heavy atom. The topological polar surface area (TPSA) is 85.4 Å². The monoisotopic (exact) mass is 384 g/mol. The Bertz CT molecular complexity index is 993. The summed E-state index contributed by atoms with van der Waals surface area (Å²) in [5.74, 6) is 0.493. The summed E-state index contributed by atoms with van der Waals surface area (Å²) in [6.45, 7) is 4.20. The fourth-order valence-corrected chi connectivity index (χ4v) is 2.83. The second-order valence-electron chi connectivity index (χ2n) is 6.32. The zero-order chi connectivity index (χ0) is 19.6. The van der Waals surface area contributed by atoms with Crippen LogP contribution in [0.15, 0.2) is 59.0 Å². The van der Waals surface area contributed by atoms with Gasteiger partial charge in [0.15, 0.2) is 5.76 Å². The molecule has 1 N–H and O–H groups in total. The molecule has 3 rings (SSSR count). The molecule has 0 saturated carbocycles. The number of rotatable bonds is 5. The van der Waals surface area contributed by atoms with Crippen LogP contribution in [0.3, 0.4) is 0 Å². The van der Waals surface area contributed by atoms with Gasteiger partial charge >= 0.3 is 0 Å². The number of furan rings is 1. The lowest BCUT2D eigenvalue weighted by Crippen LogP contribution is -2.10. The van der Waals surface area contributed by atoms with E-state index in [2.05, 4.69) is 19.2 Å². The van der Waals surface area contributed by atoms with Gasteiger partial charge in [-0.3, -0.25) is 14.9 Å². The predicted octanol–water partition coefficient (Wildman–Crippen LogP) is 5.88. The van der Waals surface area contributed by atoms with E-state index in [0.717, 1.165) is 0 Å². The number of hydrogen-bond acceptors (Lipinski definition) is 4. The number of halogens is 1. The SMILES string of the molecule is CC(C)c1ccc(NC(=O)c2ccc(-c3ccc([N+](=O)[O-])cc3Cl)o2)cc1. The molecule has 0 aliphatic heterocycles. The number of nitrogens with zero attached hydrogens (tertiary/aromatic N) is 1. The maximum Gasteiger partial charge on any atom is 0.291 e. The van der Waals surface area contributed by atoms with Crippen molar-refractivity contribution in [2.24, 2.45) is 0 Å². The van der Waals surface area contributed by atoms with Gasteiger partial charge in [0.1, 0.15) is 5.76 Å². The number of nitro benzene ring substituents is 1. The molecule has 6 nitrogen and oxygen atoms in total. The molecule has 0 atom stereocenters. The molecular formula is C20H17ClN2O4. The first-order chi connectivity index (χ1) is 12.8. The Labute approximate surface area is 160 Å². The molecule has 27 heavy (non-hydrogen) atoms. The Morgan fingerprint density at radius 2 is 1.81 bits per heavy atom. The molecule has 7 heteroatoms. The van der Waals surface area contributed by atoms with Gasteiger partial charge in [-0.05, 0) is 41.8 Å².